The second kappa shape index (κ2) is 12.9. The lowest BCUT2D eigenvalue weighted by Crippen LogP contribution is -2.45. The number of aliphatic hydroxyl groups excluding tert-OH is 3. The van der Waals surface area contributed by atoms with Crippen molar-refractivity contribution in [1.82, 2.24) is 0 Å². The van der Waals surface area contributed by atoms with Crippen LogP contribution in [0.25, 0.3) is 0 Å². The van der Waals surface area contributed by atoms with E-state index < -0.39 is 35.0 Å². The zero-order chi connectivity index (χ0) is 26.0. The smallest absolute Gasteiger partial charge is 0.297 e. The topological polar surface area (TPSA) is 153 Å². The summed E-state index contributed by atoms with van der Waals surface area (Å²) in [5, 5.41) is 39.7. The summed E-state index contributed by atoms with van der Waals surface area (Å²) in [6.07, 6.45) is -4.15. The normalized spacial score (nSPS) is 14.8. The van der Waals surface area contributed by atoms with Gasteiger partial charge in [0.25, 0.3) is 10.1 Å². The molecular weight excluding hydrogens is 484 g/mol. The van der Waals surface area contributed by atoms with Gasteiger partial charge in [-0.2, -0.15) is 18.6 Å². The third-order valence-corrected chi connectivity index (χ3v) is 6.27. The SMILES string of the molecule is Cc1ccc(S(=O)(=O)OC[C@H](O)[C@H](O)[C@H](O)C(/C=N/Nc2ccccc2)=N\Nc2ccccc2)cc1. The molecule has 0 saturated carbocycles. The Hall–Kier alpha value is -3.61. The predicted octanol–water partition coefficient (Wildman–Crippen LogP) is 2.35. The third kappa shape index (κ3) is 7.97. The minimum atomic E-state index is -4.17. The summed E-state index contributed by atoms with van der Waals surface area (Å²) in [5.74, 6) is 0. The summed E-state index contributed by atoms with van der Waals surface area (Å²) in [5.41, 5.74) is 7.52. The summed E-state index contributed by atoms with van der Waals surface area (Å²) < 4.78 is 29.6. The molecule has 3 aromatic carbocycles. The predicted molar refractivity (Wildman–Crippen MR) is 138 cm³/mol. The quantitative estimate of drug-likeness (QED) is 0.141. The second-order valence-electron chi connectivity index (χ2n) is 7.80. The third-order valence-electron chi connectivity index (χ3n) is 4.98. The van der Waals surface area contributed by atoms with Crippen LogP contribution in [0, 0.1) is 6.92 Å². The highest BCUT2D eigenvalue weighted by Crippen LogP contribution is 2.15. The van der Waals surface area contributed by atoms with Crippen LogP contribution in [0.5, 0.6) is 0 Å². The van der Waals surface area contributed by atoms with Crippen molar-refractivity contribution in [2.45, 2.75) is 30.1 Å². The molecule has 11 heteroatoms. The number of anilines is 2. The van der Waals surface area contributed by atoms with Crippen molar-refractivity contribution in [3.63, 3.8) is 0 Å². The molecule has 0 fully saturated rings. The van der Waals surface area contributed by atoms with Gasteiger partial charge in [-0.25, -0.2) is 0 Å². The number of para-hydroxylation sites is 2. The number of hydrogen-bond acceptors (Lipinski definition) is 10. The largest absolute Gasteiger partial charge is 0.388 e. The minimum absolute atomic E-state index is 0.0937. The van der Waals surface area contributed by atoms with Gasteiger partial charge in [-0.3, -0.25) is 15.0 Å². The number of hydrogen-bond donors (Lipinski definition) is 5. The van der Waals surface area contributed by atoms with E-state index in [0.717, 1.165) is 5.56 Å². The molecule has 190 valence electrons. The number of nitrogens with one attached hydrogen (secondary N) is 2. The first kappa shape index (κ1) is 27.0. The number of benzene rings is 3. The molecule has 5 N–H and O–H groups in total. The number of aryl methyl sites for hydroxylation is 1. The Balaban J connectivity index is 1.69. The molecule has 0 aliphatic carbocycles. The molecule has 3 atom stereocenters. The standard InChI is InChI=1S/C25H28N4O6S/c1-18-12-14-21(15-13-18)36(33,34)35-17-23(30)25(32)24(31)22(29-28-20-10-6-3-7-11-20)16-26-27-19-8-4-2-5-9-19/h2-16,23-25,27-28,30-32H,17H2,1H3/b26-16+,29-22-/t23-,24+,25-/m0/s1. The molecule has 0 saturated heterocycles. The second-order valence-corrected chi connectivity index (χ2v) is 9.42. The van der Waals surface area contributed by atoms with Gasteiger partial charge < -0.3 is 15.3 Å². The number of rotatable bonds is 12. The molecule has 36 heavy (non-hydrogen) atoms. The maximum absolute atomic E-state index is 12.4. The van der Waals surface area contributed by atoms with Crippen LogP contribution in [0.1, 0.15) is 5.56 Å². The van der Waals surface area contributed by atoms with Gasteiger partial charge in [-0.05, 0) is 43.3 Å². The van der Waals surface area contributed by atoms with E-state index in [4.69, 9.17) is 4.18 Å². The molecule has 0 aliphatic rings. The van der Waals surface area contributed by atoms with Crippen molar-refractivity contribution >= 4 is 33.4 Å². The lowest BCUT2D eigenvalue weighted by molar-refractivity contribution is -0.0497. The fourth-order valence-corrected chi connectivity index (χ4v) is 3.84. The molecule has 0 radical (unpaired) electrons. The van der Waals surface area contributed by atoms with Gasteiger partial charge in [0, 0.05) is 0 Å². The first-order valence-electron chi connectivity index (χ1n) is 11.0. The van der Waals surface area contributed by atoms with Crippen molar-refractivity contribution in [2.24, 2.45) is 10.2 Å². The summed E-state index contributed by atoms with van der Waals surface area (Å²) >= 11 is 0. The summed E-state index contributed by atoms with van der Waals surface area (Å²) in [6, 6.07) is 23.8. The molecule has 10 nitrogen and oxygen atoms in total. The molecule has 3 aromatic rings. The van der Waals surface area contributed by atoms with Gasteiger partial charge in [-0.1, -0.05) is 54.1 Å². The number of hydrazone groups is 2. The van der Waals surface area contributed by atoms with Gasteiger partial charge >= 0.3 is 0 Å². The van der Waals surface area contributed by atoms with Crippen LogP contribution in [0.15, 0.2) is 100 Å². The summed E-state index contributed by atoms with van der Waals surface area (Å²) in [6.45, 7) is 1.02. The van der Waals surface area contributed by atoms with Crippen LogP contribution in [-0.4, -0.2) is 60.6 Å². The van der Waals surface area contributed by atoms with E-state index in [2.05, 4.69) is 21.1 Å². The van der Waals surface area contributed by atoms with E-state index >= 15 is 0 Å². The van der Waals surface area contributed by atoms with Crippen LogP contribution < -0.4 is 10.9 Å². The first-order valence-corrected chi connectivity index (χ1v) is 12.4. The van der Waals surface area contributed by atoms with Gasteiger partial charge in [-0.15, -0.1) is 0 Å². The zero-order valence-corrected chi connectivity index (χ0v) is 20.3. The fraction of sp³-hybridized carbons (Fsp3) is 0.200. The fourth-order valence-electron chi connectivity index (χ4n) is 2.92. The number of nitrogens with zero attached hydrogens (tertiary/aromatic N) is 2. The Morgan fingerprint density at radius 2 is 1.44 bits per heavy atom. The molecule has 0 heterocycles. The molecule has 0 bridgehead atoms. The highest BCUT2D eigenvalue weighted by Gasteiger charge is 2.30. The van der Waals surface area contributed by atoms with E-state index in [9.17, 15) is 23.7 Å². The molecule has 0 unspecified atom stereocenters. The van der Waals surface area contributed by atoms with Gasteiger partial charge in [0.1, 0.15) is 24.0 Å². The average molecular weight is 513 g/mol. The van der Waals surface area contributed by atoms with Crippen LogP contribution in [0.4, 0.5) is 11.4 Å². The number of aliphatic hydroxyl groups is 3. The average Bonchev–Trinajstić information content (AvgIpc) is 2.90. The van der Waals surface area contributed by atoms with E-state index in [1.54, 1.807) is 48.5 Å². The maximum Gasteiger partial charge on any atom is 0.297 e. The van der Waals surface area contributed by atoms with Crippen molar-refractivity contribution in [3.05, 3.63) is 90.5 Å². The summed E-state index contributed by atoms with van der Waals surface area (Å²) in [4.78, 5) is -0.0937. The highest BCUT2D eigenvalue weighted by atomic mass is 32.2. The molecular formula is C25H28N4O6S. The Morgan fingerprint density at radius 3 is 2.03 bits per heavy atom. The van der Waals surface area contributed by atoms with Crippen LogP contribution in [-0.2, 0) is 14.3 Å². The molecule has 0 aliphatic heterocycles. The Labute approximate surface area is 209 Å². The lowest BCUT2D eigenvalue weighted by Gasteiger charge is -2.22. The molecule has 0 spiro atoms. The van der Waals surface area contributed by atoms with Gasteiger partial charge in [0.05, 0.1) is 29.1 Å². The lowest BCUT2D eigenvalue weighted by atomic mass is 10.0. The van der Waals surface area contributed by atoms with E-state index in [-0.39, 0.29) is 10.6 Å². The van der Waals surface area contributed by atoms with Gasteiger partial charge in [0.2, 0.25) is 0 Å². The van der Waals surface area contributed by atoms with E-state index in [1.807, 2.05) is 31.2 Å². The van der Waals surface area contributed by atoms with Crippen molar-refractivity contribution < 1.29 is 27.9 Å². The van der Waals surface area contributed by atoms with Crippen molar-refractivity contribution in [2.75, 3.05) is 17.5 Å². The Morgan fingerprint density at radius 1 is 0.889 bits per heavy atom. The Bertz CT molecular complexity index is 1250. The molecule has 3 rings (SSSR count). The van der Waals surface area contributed by atoms with Gasteiger partial charge in [0.15, 0.2) is 0 Å². The zero-order valence-electron chi connectivity index (χ0n) is 19.5. The van der Waals surface area contributed by atoms with Crippen molar-refractivity contribution in [3.8, 4) is 0 Å². The van der Waals surface area contributed by atoms with Crippen LogP contribution in [0.2, 0.25) is 0 Å². The molecule has 0 aromatic heterocycles. The molecule has 0 amide bonds. The summed E-state index contributed by atoms with van der Waals surface area (Å²) in [7, 11) is -4.17. The first-order chi connectivity index (χ1) is 17.3. The van der Waals surface area contributed by atoms with E-state index in [1.165, 1.54) is 18.3 Å². The van der Waals surface area contributed by atoms with Crippen LogP contribution >= 0.6 is 0 Å². The van der Waals surface area contributed by atoms with Crippen LogP contribution in [0.3, 0.4) is 0 Å². The Kier molecular flexibility index (Phi) is 9.68. The van der Waals surface area contributed by atoms with Crippen molar-refractivity contribution in [1.29, 1.82) is 0 Å². The highest BCUT2D eigenvalue weighted by molar-refractivity contribution is 7.86. The minimum Gasteiger partial charge on any atom is -0.388 e. The van der Waals surface area contributed by atoms with E-state index in [0.29, 0.717) is 11.4 Å². The monoisotopic (exact) mass is 512 g/mol. The maximum atomic E-state index is 12.4.